The second kappa shape index (κ2) is 5.44. The Morgan fingerprint density at radius 2 is 1.38 bits per heavy atom. The SMILES string of the molecule is C[O][Zr]([CH2]CC(F)(F)F)([O]C)[O]C. The molecule has 0 rings (SSSR count). The molecule has 0 saturated carbocycles. The van der Waals surface area contributed by atoms with Gasteiger partial charge in [0.2, 0.25) is 0 Å². The molecule has 0 heterocycles. The molecule has 0 saturated heterocycles. The summed E-state index contributed by atoms with van der Waals surface area (Å²) in [5.41, 5.74) is 0. The van der Waals surface area contributed by atoms with Gasteiger partial charge in [-0.15, -0.1) is 0 Å². The van der Waals surface area contributed by atoms with Crippen LogP contribution in [0.15, 0.2) is 0 Å². The molecule has 0 fully saturated rings. The summed E-state index contributed by atoms with van der Waals surface area (Å²) < 4.78 is 50.1. The van der Waals surface area contributed by atoms with Crippen LogP contribution in [0, 0.1) is 0 Å². The Morgan fingerprint density at radius 1 is 1.00 bits per heavy atom. The fourth-order valence-electron chi connectivity index (χ4n) is 0.851. The van der Waals surface area contributed by atoms with Crippen molar-refractivity contribution in [1.82, 2.24) is 0 Å². The quantitative estimate of drug-likeness (QED) is 0.773. The Hall–Kier alpha value is 0.553. The molecule has 0 aromatic rings. The van der Waals surface area contributed by atoms with Gasteiger partial charge in [-0.2, -0.15) is 0 Å². The van der Waals surface area contributed by atoms with Crippen molar-refractivity contribution in [1.29, 1.82) is 0 Å². The van der Waals surface area contributed by atoms with E-state index in [4.69, 9.17) is 8.44 Å². The summed E-state index contributed by atoms with van der Waals surface area (Å²) in [6.07, 6.45) is -5.10. The predicted molar refractivity (Wildman–Crippen MR) is 36.5 cm³/mol. The molecule has 0 radical (unpaired) electrons. The Labute approximate surface area is 81.4 Å². The van der Waals surface area contributed by atoms with Crippen molar-refractivity contribution in [2.24, 2.45) is 0 Å². The molecule has 0 bridgehead atoms. The molecule has 0 amide bonds. The summed E-state index contributed by atoms with van der Waals surface area (Å²) in [6, 6.07) is 0. The van der Waals surface area contributed by atoms with Crippen LogP contribution in [0.2, 0.25) is 4.13 Å². The van der Waals surface area contributed by atoms with Crippen LogP contribution < -0.4 is 0 Å². The standard InChI is InChI=1S/C3H4F3.3CH3O.Zr/c1-2-3(4,5)6;3*1-2;/h1-2H2;3*1H3;/q;3*-1;+3. The molecule has 7 heteroatoms. The zero-order valence-electron chi connectivity index (χ0n) is 7.77. The molecule has 0 atom stereocenters. The summed E-state index contributed by atoms with van der Waals surface area (Å²) in [5, 5.41) is 0. The first-order valence-electron chi connectivity index (χ1n) is 3.61. The fourth-order valence-corrected chi connectivity index (χ4v) is 5.03. The normalized spacial score (nSPS) is 13.4. The third kappa shape index (κ3) is 5.10. The average molecular weight is 281 g/mol. The van der Waals surface area contributed by atoms with E-state index < -0.39 is 34.2 Å². The van der Waals surface area contributed by atoms with Crippen LogP contribution in [0.1, 0.15) is 6.42 Å². The van der Waals surface area contributed by atoms with Gasteiger partial charge in [0, 0.05) is 0 Å². The summed E-state index contributed by atoms with van der Waals surface area (Å²) in [7, 11) is 3.96. The summed E-state index contributed by atoms with van der Waals surface area (Å²) in [4.78, 5) is 0. The Balaban J connectivity index is 4.11. The van der Waals surface area contributed by atoms with E-state index in [1.165, 1.54) is 21.3 Å². The van der Waals surface area contributed by atoms with Crippen molar-refractivity contribution in [3.63, 3.8) is 0 Å². The maximum absolute atomic E-state index is 11.9. The molecular weight excluding hydrogens is 268 g/mol. The second-order valence-corrected chi connectivity index (χ2v) is 10.0. The zero-order valence-corrected chi connectivity index (χ0v) is 10.2. The van der Waals surface area contributed by atoms with E-state index in [1.54, 1.807) is 0 Å². The summed E-state index contributed by atoms with van der Waals surface area (Å²) in [6.45, 7) is 0. The monoisotopic (exact) mass is 280 g/mol. The van der Waals surface area contributed by atoms with Gasteiger partial charge in [-0.3, -0.25) is 0 Å². The Bertz CT molecular complexity index is 138. The number of rotatable bonds is 5. The van der Waals surface area contributed by atoms with Gasteiger partial charge in [0.25, 0.3) is 0 Å². The van der Waals surface area contributed by atoms with Crippen molar-refractivity contribution >= 4 is 0 Å². The molecule has 0 aromatic heterocycles. The van der Waals surface area contributed by atoms with Crippen LogP contribution in [0.5, 0.6) is 0 Å². The fraction of sp³-hybridized carbons (Fsp3) is 1.00. The first-order valence-corrected chi connectivity index (χ1v) is 8.36. The summed E-state index contributed by atoms with van der Waals surface area (Å²) in [5.74, 6) is 0. The summed E-state index contributed by atoms with van der Waals surface area (Å²) >= 11 is -3.79. The van der Waals surface area contributed by atoms with Crippen LogP contribution in [0.3, 0.4) is 0 Å². The molecule has 0 aliphatic carbocycles. The van der Waals surface area contributed by atoms with Crippen LogP contribution >= 0.6 is 0 Å². The first kappa shape index (κ1) is 13.6. The molecule has 3 nitrogen and oxygen atoms in total. The topological polar surface area (TPSA) is 27.7 Å². The third-order valence-corrected chi connectivity index (χ3v) is 8.35. The van der Waals surface area contributed by atoms with Crippen molar-refractivity contribution in [2.45, 2.75) is 16.7 Å². The Morgan fingerprint density at radius 3 is 1.62 bits per heavy atom. The van der Waals surface area contributed by atoms with E-state index in [0.29, 0.717) is 0 Å². The van der Waals surface area contributed by atoms with E-state index in [-0.39, 0.29) is 4.13 Å². The van der Waals surface area contributed by atoms with Gasteiger partial charge >= 0.3 is 81.3 Å². The van der Waals surface area contributed by atoms with Crippen LogP contribution in [0.25, 0.3) is 0 Å². The van der Waals surface area contributed by atoms with E-state index in [2.05, 4.69) is 0 Å². The minimum absolute atomic E-state index is 0.179. The number of hydrogen-bond donors (Lipinski definition) is 0. The predicted octanol–water partition coefficient (Wildman–Crippen LogP) is 2.20. The molecule has 80 valence electrons. The van der Waals surface area contributed by atoms with E-state index in [1.807, 2.05) is 0 Å². The second-order valence-electron chi connectivity index (χ2n) is 2.41. The van der Waals surface area contributed by atoms with Crippen molar-refractivity contribution in [2.75, 3.05) is 21.3 Å². The van der Waals surface area contributed by atoms with E-state index >= 15 is 0 Å². The number of alkyl halides is 3. The molecule has 0 spiro atoms. The van der Waals surface area contributed by atoms with Gasteiger partial charge in [-0.25, -0.2) is 0 Å². The average Bonchev–Trinajstić information content (AvgIpc) is 2.06. The van der Waals surface area contributed by atoms with E-state index in [0.717, 1.165) is 0 Å². The molecule has 13 heavy (non-hydrogen) atoms. The zero-order chi connectivity index (χ0) is 10.5. The molecule has 0 aliphatic heterocycles. The number of hydrogen-bond acceptors (Lipinski definition) is 3. The maximum atomic E-state index is 11.9. The van der Waals surface area contributed by atoms with Gasteiger partial charge in [0.1, 0.15) is 0 Å². The third-order valence-electron chi connectivity index (χ3n) is 1.65. The first-order chi connectivity index (χ1) is 5.89. The molecule has 0 aromatic carbocycles. The molecular formula is C6H13F3O3Zr. The number of halogens is 3. The van der Waals surface area contributed by atoms with Crippen LogP contribution in [-0.2, 0) is 30.0 Å². The van der Waals surface area contributed by atoms with Gasteiger partial charge < -0.3 is 0 Å². The van der Waals surface area contributed by atoms with Crippen molar-refractivity contribution < 1.29 is 43.2 Å². The Kier molecular flexibility index (Phi) is 5.67. The molecule has 0 N–H and O–H groups in total. The molecule has 0 unspecified atom stereocenters. The van der Waals surface area contributed by atoms with Gasteiger partial charge in [0.05, 0.1) is 0 Å². The minimum atomic E-state index is -4.18. The van der Waals surface area contributed by atoms with Crippen LogP contribution in [-0.4, -0.2) is 27.5 Å². The van der Waals surface area contributed by atoms with Gasteiger partial charge in [0.15, 0.2) is 0 Å². The van der Waals surface area contributed by atoms with Gasteiger partial charge in [-0.05, 0) is 0 Å². The van der Waals surface area contributed by atoms with E-state index in [9.17, 15) is 13.2 Å². The molecule has 0 aliphatic rings. The van der Waals surface area contributed by atoms with Gasteiger partial charge in [-0.1, -0.05) is 0 Å². The van der Waals surface area contributed by atoms with Crippen molar-refractivity contribution in [3.8, 4) is 0 Å². The van der Waals surface area contributed by atoms with Crippen LogP contribution in [0.4, 0.5) is 13.2 Å². The van der Waals surface area contributed by atoms with Crippen molar-refractivity contribution in [3.05, 3.63) is 0 Å².